The van der Waals surface area contributed by atoms with Gasteiger partial charge in [-0.25, -0.2) is 9.37 Å². The molecular formula is C25H16BrFN2O4S. The van der Waals surface area contributed by atoms with Gasteiger partial charge in [-0.2, -0.15) is 0 Å². The number of Topliss-reactive ketones (excluding diaryl/α,β-unsaturated/α-hetero) is 1. The Bertz CT molecular complexity index is 1480. The highest BCUT2D eigenvalue weighted by Gasteiger charge is 2.48. The number of benzene rings is 3. The van der Waals surface area contributed by atoms with Crippen LogP contribution in [-0.2, 0) is 9.59 Å². The normalized spacial score (nSPS) is 17.5. The minimum Gasteiger partial charge on any atom is -0.507 e. The van der Waals surface area contributed by atoms with Crippen LogP contribution >= 0.6 is 27.3 Å². The molecule has 4 aromatic rings. The van der Waals surface area contributed by atoms with Crippen LogP contribution in [-0.4, -0.2) is 28.9 Å². The highest BCUT2D eigenvalue weighted by atomic mass is 79.9. The molecule has 1 amide bonds. The van der Waals surface area contributed by atoms with E-state index in [-0.39, 0.29) is 16.5 Å². The van der Waals surface area contributed by atoms with Gasteiger partial charge in [0.05, 0.1) is 28.9 Å². The predicted molar refractivity (Wildman–Crippen MR) is 131 cm³/mol. The quantitative estimate of drug-likeness (QED) is 0.201. The molecule has 6 nitrogen and oxygen atoms in total. The van der Waals surface area contributed by atoms with Crippen LogP contribution in [0.15, 0.2) is 76.8 Å². The van der Waals surface area contributed by atoms with E-state index in [1.54, 1.807) is 42.5 Å². The molecule has 0 radical (unpaired) electrons. The number of aliphatic hydroxyl groups excluding tert-OH is 1. The molecule has 1 aliphatic rings. The SMILES string of the molecule is COc1ccc(C(O)=C2C(=O)C(=O)N(c3nc4ccc(F)cc4s3)C2c2cccc(Br)c2)cc1. The molecule has 3 aromatic carbocycles. The van der Waals surface area contributed by atoms with Gasteiger partial charge in [0, 0.05) is 10.0 Å². The molecule has 0 aliphatic carbocycles. The zero-order chi connectivity index (χ0) is 24.0. The number of fused-ring (bicyclic) bond motifs is 1. The van der Waals surface area contributed by atoms with Gasteiger partial charge in [-0.15, -0.1) is 0 Å². The number of amides is 1. The number of rotatable bonds is 4. The zero-order valence-corrected chi connectivity index (χ0v) is 20.1. The van der Waals surface area contributed by atoms with E-state index in [9.17, 15) is 19.1 Å². The van der Waals surface area contributed by atoms with Crippen LogP contribution in [0.3, 0.4) is 0 Å². The number of aliphatic hydroxyl groups is 1. The smallest absolute Gasteiger partial charge is 0.301 e. The molecule has 1 unspecified atom stereocenters. The molecule has 1 N–H and O–H groups in total. The summed E-state index contributed by atoms with van der Waals surface area (Å²) in [6.45, 7) is 0. The molecule has 0 spiro atoms. The van der Waals surface area contributed by atoms with Gasteiger partial charge in [-0.05, 0) is 60.2 Å². The summed E-state index contributed by atoms with van der Waals surface area (Å²) in [5.41, 5.74) is 1.42. The van der Waals surface area contributed by atoms with Crippen LogP contribution < -0.4 is 9.64 Å². The van der Waals surface area contributed by atoms with Crippen LogP contribution in [0.1, 0.15) is 17.2 Å². The summed E-state index contributed by atoms with van der Waals surface area (Å²) in [5, 5.41) is 11.4. The number of anilines is 1. The van der Waals surface area contributed by atoms with Crippen LogP contribution in [0, 0.1) is 5.82 Å². The first kappa shape index (κ1) is 22.2. The van der Waals surface area contributed by atoms with Crippen molar-refractivity contribution in [2.45, 2.75) is 6.04 Å². The Balaban J connectivity index is 1.72. The van der Waals surface area contributed by atoms with Gasteiger partial charge in [-0.1, -0.05) is 39.4 Å². The summed E-state index contributed by atoms with van der Waals surface area (Å²) in [7, 11) is 1.53. The molecule has 1 aliphatic heterocycles. The lowest BCUT2D eigenvalue weighted by Gasteiger charge is -2.23. The minimum absolute atomic E-state index is 0.0568. The number of carbonyl (C=O) groups is 2. The third-order valence-corrected chi connectivity index (χ3v) is 7.03. The Labute approximate surface area is 206 Å². The molecule has 1 aromatic heterocycles. The number of carbonyl (C=O) groups excluding carboxylic acids is 2. The fraction of sp³-hybridized carbons (Fsp3) is 0.0800. The van der Waals surface area contributed by atoms with E-state index in [1.807, 2.05) is 6.07 Å². The minimum atomic E-state index is -0.926. The molecule has 0 bridgehead atoms. The van der Waals surface area contributed by atoms with E-state index < -0.39 is 23.5 Å². The monoisotopic (exact) mass is 538 g/mol. The highest BCUT2D eigenvalue weighted by molar-refractivity contribution is 9.10. The molecule has 34 heavy (non-hydrogen) atoms. The Hall–Kier alpha value is -3.56. The Kier molecular flexibility index (Phi) is 5.66. The third kappa shape index (κ3) is 3.76. The molecule has 0 saturated carbocycles. The standard InChI is InChI=1S/C25H16BrFN2O4S/c1-33-17-8-5-13(6-9-17)22(30)20-21(14-3-2-4-15(26)11-14)29(24(32)23(20)31)25-28-18-10-7-16(27)12-19(18)34-25/h2-12,21,30H,1H3. The van der Waals surface area contributed by atoms with E-state index in [0.29, 0.717) is 27.1 Å². The fourth-order valence-electron chi connectivity index (χ4n) is 3.92. The van der Waals surface area contributed by atoms with E-state index >= 15 is 0 Å². The Morgan fingerprint density at radius 1 is 1.12 bits per heavy atom. The van der Waals surface area contributed by atoms with E-state index in [1.165, 1.54) is 30.2 Å². The third-order valence-electron chi connectivity index (χ3n) is 5.52. The second-order valence-corrected chi connectivity index (χ2v) is 9.49. The van der Waals surface area contributed by atoms with Crippen molar-refractivity contribution in [1.29, 1.82) is 0 Å². The van der Waals surface area contributed by atoms with Crippen molar-refractivity contribution < 1.29 is 23.8 Å². The van der Waals surface area contributed by atoms with Gasteiger partial charge in [0.2, 0.25) is 0 Å². The molecular weight excluding hydrogens is 523 g/mol. The van der Waals surface area contributed by atoms with Gasteiger partial charge in [0.15, 0.2) is 5.13 Å². The lowest BCUT2D eigenvalue weighted by Crippen LogP contribution is -2.29. The summed E-state index contributed by atoms with van der Waals surface area (Å²) in [6.07, 6.45) is 0. The first-order valence-corrected chi connectivity index (χ1v) is 11.8. The van der Waals surface area contributed by atoms with Crippen LogP contribution in [0.2, 0.25) is 0 Å². The number of thiazole rings is 1. The molecule has 170 valence electrons. The van der Waals surface area contributed by atoms with Crippen molar-refractivity contribution in [3.05, 3.63) is 93.7 Å². The van der Waals surface area contributed by atoms with E-state index in [2.05, 4.69) is 20.9 Å². The van der Waals surface area contributed by atoms with Crippen molar-refractivity contribution in [1.82, 2.24) is 4.98 Å². The maximum absolute atomic E-state index is 13.7. The molecule has 9 heteroatoms. The largest absolute Gasteiger partial charge is 0.507 e. The Morgan fingerprint density at radius 3 is 2.59 bits per heavy atom. The van der Waals surface area contributed by atoms with Gasteiger partial charge < -0.3 is 9.84 Å². The van der Waals surface area contributed by atoms with Crippen molar-refractivity contribution in [2.24, 2.45) is 0 Å². The number of hydrogen-bond acceptors (Lipinski definition) is 6. The van der Waals surface area contributed by atoms with Crippen LogP contribution in [0.25, 0.3) is 16.0 Å². The lowest BCUT2D eigenvalue weighted by atomic mass is 9.95. The van der Waals surface area contributed by atoms with Crippen molar-refractivity contribution in [2.75, 3.05) is 12.0 Å². The van der Waals surface area contributed by atoms with Crippen LogP contribution in [0.5, 0.6) is 5.75 Å². The topological polar surface area (TPSA) is 79.7 Å². The number of ketones is 1. The molecule has 1 saturated heterocycles. The molecule has 2 heterocycles. The molecule has 1 fully saturated rings. The van der Waals surface area contributed by atoms with Crippen molar-refractivity contribution in [3.8, 4) is 5.75 Å². The van der Waals surface area contributed by atoms with Crippen molar-refractivity contribution in [3.63, 3.8) is 0 Å². The number of ether oxygens (including phenoxy) is 1. The summed E-state index contributed by atoms with van der Waals surface area (Å²) >= 11 is 4.53. The average Bonchev–Trinajstić information content (AvgIpc) is 3.36. The van der Waals surface area contributed by atoms with Gasteiger partial charge in [-0.3, -0.25) is 14.5 Å². The van der Waals surface area contributed by atoms with Crippen LogP contribution in [0.4, 0.5) is 9.52 Å². The van der Waals surface area contributed by atoms with Gasteiger partial charge >= 0.3 is 5.91 Å². The van der Waals surface area contributed by atoms with Gasteiger partial charge in [0.1, 0.15) is 17.3 Å². The van der Waals surface area contributed by atoms with E-state index in [0.717, 1.165) is 15.8 Å². The zero-order valence-electron chi connectivity index (χ0n) is 17.7. The van der Waals surface area contributed by atoms with Crippen molar-refractivity contribution >= 4 is 60.1 Å². The second-order valence-electron chi connectivity index (χ2n) is 7.56. The summed E-state index contributed by atoms with van der Waals surface area (Å²) in [6, 6.07) is 16.9. The Morgan fingerprint density at radius 2 is 1.88 bits per heavy atom. The first-order valence-electron chi connectivity index (χ1n) is 10.1. The second kappa shape index (κ2) is 8.66. The summed E-state index contributed by atoms with van der Waals surface area (Å²) in [4.78, 5) is 32.2. The number of halogens is 2. The maximum atomic E-state index is 13.7. The molecule has 5 rings (SSSR count). The number of hydrogen-bond donors (Lipinski definition) is 1. The number of methoxy groups -OCH3 is 1. The average molecular weight is 539 g/mol. The number of nitrogens with zero attached hydrogens (tertiary/aromatic N) is 2. The molecule has 1 atom stereocenters. The predicted octanol–water partition coefficient (Wildman–Crippen LogP) is 5.83. The van der Waals surface area contributed by atoms with Gasteiger partial charge in [0.25, 0.3) is 5.78 Å². The first-order chi connectivity index (χ1) is 16.4. The lowest BCUT2D eigenvalue weighted by molar-refractivity contribution is -0.132. The fourth-order valence-corrected chi connectivity index (χ4v) is 5.35. The summed E-state index contributed by atoms with van der Waals surface area (Å²) in [5.74, 6) is -1.79. The number of aromatic nitrogens is 1. The summed E-state index contributed by atoms with van der Waals surface area (Å²) < 4.78 is 20.2. The maximum Gasteiger partial charge on any atom is 0.301 e. The highest BCUT2D eigenvalue weighted by Crippen LogP contribution is 2.44. The van der Waals surface area contributed by atoms with E-state index in [4.69, 9.17) is 4.74 Å².